The fourth-order valence-electron chi connectivity index (χ4n) is 5.11. The van der Waals surface area contributed by atoms with Crippen molar-refractivity contribution in [2.24, 2.45) is 0 Å². The molecule has 1 N–H and O–H groups in total. The summed E-state index contributed by atoms with van der Waals surface area (Å²) >= 11 is 21.1. The second-order valence-electron chi connectivity index (χ2n) is 10.4. The number of rotatable bonds is 7. The van der Waals surface area contributed by atoms with Crippen LogP contribution in [0.4, 0.5) is 11.4 Å². The van der Waals surface area contributed by atoms with Crippen LogP contribution in [0.2, 0.25) is 15.1 Å². The van der Waals surface area contributed by atoms with Gasteiger partial charge in [-0.1, -0.05) is 59.1 Å². The molecular formula is C35H21Cl3IN5O2. The monoisotopic (exact) mass is 775 g/mol. The second kappa shape index (κ2) is 12.9. The molecule has 0 amide bonds. The van der Waals surface area contributed by atoms with Crippen molar-refractivity contribution >= 4 is 79.7 Å². The second-order valence-corrected chi connectivity index (χ2v) is 12.8. The lowest BCUT2D eigenvalue weighted by atomic mass is 10.1. The number of aromatic nitrogens is 4. The lowest BCUT2D eigenvalue weighted by Crippen LogP contribution is -2.24. The van der Waals surface area contributed by atoms with Crippen molar-refractivity contribution in [3.05, 3.63) is 150 Å². The Hall–Kier alpha value is -4.22. The van der Waals surface area contributed by atoms with Crippen LogP contribution in [0.1, 0.15) is 11.4 Å². The lowest BCUT2D eigenvalue weighted by molar-refractivity contribution is 0.584. The zero-order chi connectivity index (χ0) is 31.8. The van der Waals surface area contributed by atoms with Crippen LogP contribution in [-0.4, -0.2) is 19.7 Å². The maximum atomic E-state index is 14.1. The van der Waals surface area contributed by atoms with Gasteiger partial charge in [0.25, 0.3) is 5.56 Å². The van der Waals surface area contributed by atoms with E-state index in [0.29, 0.717) is 66.9 Å². The molecule has 7 nitrogen and oxygen atoms in total. The first-order chi connectivity index (χ1) is 22.3. The van der Waals surface area contributed by atoms with Crippen LogP contribution >= 0.6 is 57.4 Å². The summed E-state index contributed by atoms with van der Waals surface area (Å²) < 4.78 is 8.53. The molecule has 7 aromatic rings. The highest BCUT2D eigenvalue weighted by atomic mass is 127. The summed E-state index contributed by atoms with van der Waals surface area (Å²) in [5.41, 5.74) is 4.87. The van der Waals surface area contributed by atoms with E-state index in [1.807, 2.05) is 78.9 Å². The SMILES string of the molecule is O=c1c2cc(I)ccc2nc(Cc2ccccc2Nc2c(Cl)cccc2Cl)n1-c1ccc(-c2nnc(-c3ccc(Cl)cc3)o2)cc1. The Morgan fingerprint density at radius 2 is 1.41 bits per heavy atom. The Morgan fingerprint density at radius 1 is 0.761 bits per heavy atom. The Labute approximate surface area is 291 Å². The van der Waals surface area contributed by atoms with Gasteiger partial charge in [-0.15, -0.1) is 10.2 Å². The first-order valence-electron chi connectivity index (χ1n) is 14.0. The summed E-state index contributed by atoms with van der Waals surface area (Å²) in [4.78, 5) is 19.1. The molecule has 0 saturated heterocycles. The van der Waals surface area contributed by atoms with Gasteiger partial charge >= 0.3 is 0 Å². The molecule has 0 aliphatic heterocycles. The van der Waals surface area contributed by atoms with Crippen molar-refractivity contribution in [1.82, 2.24) is 19.7 Å². The molecule has 0 bridgehead atoms. The largest absolute Gasteiger partial charge is 0.416 e. The number of nitrogens with one attached hydrogen (secondary N) is 1. The van der Waals surface area contributed by atoms with Gasteiger partial charge in [-0.25, -0.2) is 4.98 Å². The third kappa shape index (κ3) is 6.13. The van der Waals surface area contributed by atoms with Crippen LogP contribution in [0, 0.1) is 3.57 Å². The van der Waals surface area contributed by atoms with Gasteiger partial charge in [-0.3, -0.25) is 9.36 Å². The number of para-hydroxylation sites is 2. The van der Waals surface area contributed by atoms with E-state index in [9.17, 15) is 4.79 Å². The van der Waals surface area contributed by atoms with Crippen LogP contribution in [0.5, 0.6) is 0 Å². The Morgan fingerprint density at radius 3 is 2.11 bits per heavy atom. The fourth-order valence-corrected chi connectivity index (χ4v) is 6.22. The third-order valence-corrected chi connectivity index (χ3v) is 8.93. The molecule has 11 heteroatoms. The molecular weight excluding hydrogens is 756 g/mol. The lowest BCUT2D eigenvalue weighted by Gasteiger charge is -2.17. The first-order valence-corrected chi connectivity index (χ1v) is 16.3. The van der Waals surface area contributed by atoms with Crippen LogP contribution < -0.4 is 10.9 Å². The van der Waals surface area contributed by atoms with E-state index in [1.54, 1.807) is 34.9 Å². The highest BCUT2D eigenvalue weighted by Crippen LogP contribution is 2.34. The van der Waals surface area contributed by atoms with Crippen LogP contribution in [0.3, 0.4) is 0 Å². The van der Waals surface area contributed by atoms with Gasteiger partial charge in [0.15, 0.2) is 0 Å². The summed E-state index contributed by atoms with van der Waals surface area (Å²) in [6, 6.07) is 33.4. The van der Waals surface area contributed by atoms with Crippen LogP contribution in [0.15, 0.2) is 118 Å². The number of hydrogen-bond acceptors (Lipinski definition) is 6. The zero-order valence-corrected chi connectivity index (χ0v) is 28.1. The molecule has 0 radical (unpaired) electrons. The minimum atomic E-state index is -0.173. The van der Waals surface area contributed by atoms with Crippen molar-refractivity contribution in [2.45, 2.75) is 6.42 Å². The number of anilines is 2. The van der Waals surface area contributed by atoms with Gasteiger partial charge in [-0.2, -0.15) is 0 Å². The van der Waals surface area contributed by atoms with E-state index in [2.05, 4.69) is 38.1 Å². The Kier molecular flexibility index (Phi) is 8.52. The zero-order valence-electron chi connectivity index (χ0n) is 23.7. The standard InChI is InChI=1S/C35H21Cl3IN5O2/c36-23-12-8-20(9-13-23)33-42-43-34(46-33)21-10-15-25(16-11-21)44-31(40-30-17-14-24(39)19-26(30)35(44)45)18-22-4-1-2-7-29(22)41-32-27(37)5-3-6-28(32)38/h1-17,19,41H,18H2. The van der Waals surface area contributed by atoms with Crippen LogP contribution in [0.25, 0.3) is 39.5 Å². The minimum Gasteiger partial charge on any atom is -0.416 e. The summed E-state index contributed by atoms with van der Waals surface area (Å²) in [6.45, 7) is 0. The van der Waals surface area contributed by atoms with Crippen molar-refractivity contribution in [2.75, 3.05) is 5.32 Å². The smallest absolute Gasteiger partial charge is 0.266 e. The Balaban J connectivity index is 1.28. The highest BCUT2D eigenvalue weighted by Gasteiger charge is 2.17. The number of fused-ring (bicyclic) bond motifs is 1. The van der Waals surface area contributed by atoms with Crippen molar-refractivity contribution in [3.8, 4) is 28.6 Å². The van der Waals surface area contributed by atoms with Gasteiger partial charge in [0.05, 0.1) is 32.3 Å². The molecule has 2 heterocycles. The molecule has 226 valence electrons. The maximum Gasteiger partial charge on any atom is 0.266 e. The topological polar surface area (TPSA) is 85.8 Å². The van der Waals surface area contributed by atoms with E-state index < -0.39 is 0 Å². The van der Waals surface area contributed by atoms with Gasteiger partial charge in [0.2, 0.25) is 11.8 Å². The number of hydrogen-bond donors (Lipinski definition) is 1. The van der Waals surface area contributed by atoms with E-state index in [4.69, 9.17) is 44.2 Å². The van der Waals surface area contributed by atoms with Gasteiger partial charge in [0.1, 0.15) is 5.82 Å². The molecule has 5 aromatic carbocycles. The van der Waals surface area contributed by atoms with Crippen LogP contribution in [-0.2, 0) is 6.42 Å². The molecule has 0 saturated carbocycles. The summed E-state index contributed by atoms with van der Waals surface area (Å²) in [5.74, 6) is 1.30. The molecule has 0 atom stereocenters. The van der Waals surface area contributed by atoms with E-state index in [-0.39, 0.29) is 5.56 Å². The fraction of sp³-hybridized carbons (Fsp3) is 0.0286. The van der Waals surface area contributed by atoms with E-state index in [1.165, 1.54) is 0 Å². The van der Waals surface area contributed by atoms with E-state index in [0.717, 1.165) is 20.4 Å². The molecule has 0 spiro atoms. The predicted molar refractivity (Wildman–Crippen MR) is 193 cm³/mol. The average molecular weight is 777 g/mol. The number of benzene rings is 5. The maximum absolute atomic E-state index is 14.1. The van der Waals surface area contributed by atoms with Crippen molar-refractivity contribution in [3.63, 3.8) is 0 Å². The molecule has 7 rings (SSSR count). The summed E-state index contributed by atoms with van der Waals surface area (Å²) in [6.07, 6.45) is 0.346. The number of nitrogens with zero attached hydrogens (tertiary/aromatic N) is 4. The quantitative estimate of drug-likeness (QED) is 0.162. The molecule has 0 unspecified atom stereocenters. The average Bonchev–Trinajstić information content (AvgIpc) is 3.55. The van der Waals surface area contributed by atoms with Gasteiger partial charge in [-0.05, 0) is 113 Å². The van der Waals surface area contributed by atoms with E-state index >= 15 is 0 Å². The van der Waals surface area contributed by atoms with Gasteiger partial charge < -0.3 is 9.73 Å². The summed E-state index contributed by atoms with van der Waals surface area (Å²) in [7, 11) is 0. The first kappa shape index (κ1) is 30.4. The normalized spacial score (nSPS) is 11.2. The molecule has 46 heavy (non-hydrogen) atoms. The predicted octanol–water partition coefficient (Wildman–Crippen LogP) is 10.0. The molecule has 2 aromatic heterocycles. The van der Waals surface area contributed by atoms with Crippen molar-refractivity contribution in [1.29, 1.82) is 0 Å². The number of halogens is 4. The molecule has 0 fully saturated rings. The highest BCUT2D eigenvalue weighted by molar-refractivity contribution is 14.1. The Bertz CT molecular complexity index is 2270. The third-order valence-electron chi connectivity index (χ3n) is 7.38. The molecule has 0 aliphatic rings. The van der Waals surface area contributed by atoms with Crippen molar-refractivity contribution < 1.29 is 4.42 Å². The van der Waals surface area contributed by atoms with Gasteiger partial charge in [0, 0.05) is 31.8 Å². The minimum absolute atomic E-state index is 0.173. The molecule has 0 aliphatic carbocycles. The summed E-state index contributed by atoms with van der Waals surface area (Å²) in [5, 5.41) is 13.9.